The number of carbonyl (C=O) groups is 1. The summed E-state index contributed by atoms with van der Waals surface area (Å²) in [6.45, 7) is 0. The van der Waals surface area contributed by atoms with Crippen LogP contribution in [0.1, 0.15) is 5.56 Å². The minimum absolute atomic E-state index is 0.0684. The molecule has 86 valence electrons. The zero-order valence-electron chi connectivity index (χ0n) is 9.00. The molecule has 17 heavy (non-hydrogen) atoms. The van der Waals surface area contributed by atoms with Crippen LogP contribution in [0.2, 0.25) is 0 Å². The van der Waals surface area contributed by atoms with Crippen molar-refractivity contribution in [2.24, 2.45) is 0 Å². The van der Waals surface area contributed by atoms with E-state index in [4.69, 9.17) is 5.11 Å². The molecule has 0 aliphatic carbocycles. The minimum Gasteiger partial charge on any atom is -0.505 e. The molecule has 1 aromatic heterocycles. The molecule has 0 saturated carbocycles. The van der Waals surface area contributed by atoms with Crippen LogP contribution >= 0.6 is 0 Å². The van der Waals surface area contributed by atoms with Crippen LogP contribution in [0.25, 0.3) is 11.3 Å². The van der Waals surface area contributed by atoms with Gasteiger partial charge in [0.05, 0.1) is 6.42 Å². The number of rotatable bonds is 3. The van der Waals surface area contributed by atoms with E-state index in [1.54, 1.807) is 0 Å². The van der Waals surface area contributed by atoms with E-state index in [2.05, 4.69) is 4.98 Å². The highest BCUT2D eigenvalue weighted by Gasteiger charge is 2.12. The maximum Gasteiger partial charge on any atom is 0.307 e. The summed E-state index contributed by atoms with van der Waals surface area (Å²) >= 11 is 0. The van der Waals surface area contributed by atoms with Crippen LogP contribution < -0.4 is 0 Å². The Bertz CT molecular complexity index is 538. The highest BCUT2D eigenvalue weighted by atomic mass is 16.4. The molecule has 0 fully saturated rings. The first kappa shape index (κ1) is 11.1. The average Bonchev–Trinajstić information content (AvgIpc) is 2.32. The molecule has 2 rings (SSSR count). The minimum atomic E-state index is -0.981. The highest BCUT2D eigenvalue weighted by molar-refractivity contribution is 5.74. The number of nitrogens with zero attached hydrogens (tertiary/aromatic N) is 1. The van der Waals surface area contributed by atoms with Gasteiger partial charge in [-0.2, -0.15) is 0 Å². The van der Waals surface area contributed by atoms with Crippen molar-refractivity contribution in [3.05, 3.63) is 48.2 Å². The fourth-order valence-corrected chi connectivity index (χ4v) is 1.61. The summed E-state index contributed by atoms with van der Waals surface area (Å²) in [7, 11) is 0. The van der Waals surface area contributed by atoms with E-state index in [1.165, 1.54) is 12.3 Å². The summed E-state index contributed by atoms with van der Waals surface area (Å²) in [5.74, 6) is -1.05. The molecule has 2 aromatic rings. The lowest BCUT2D eigenvalue weighted by atomic mass is 10.1. The summed E-state index contributed by atoms with van der Waals surface area (Å²) in [5.41, 5.74) is 1.54. The van der Waals surface area contributed by atoms with E-state index in [9.17, 15) is 9.90 Å². The van der Waals surface area contributed by atoms with Gasteiger partial charge in [0, 0.05) is 17.3 Å². The van der Waals surface area contributed by atoms with Crippen molar-refractivity contribution >= 4 is 5.97 Å². The fraction of sp³-hybridized carbons (Fsp3) is 0.0769. The molecule has 1 heterocycles. The molecule has 0 amide bonds. The Morgan fingerprint density at radius 2 is 1.88 bits per heavy atom. The van der Waals surface area contributed by atoms with Crippen molar-refractivity contribution in [2.75, 3.05) is 0 Å². The largest absolute Gasteiger partial charge is 0.505 e. The molecule has 2 N–H and O–H groups in total. The normalized spacial score (nSPS) is 10.1. The third kappa shape index (κ3) is 2.42. The Morgan fingerprint density at radius 1 is 1.18 bits per heavy atom. The molecule has 1 aromatic carbocycles. The van der Waals surface area contributed by atoms with Gasteiger partial charge in [-0.15, -0.1) is 0 Å². The van der Waals surface area contributed by atoms with Crippen LogP contribution in [-0.2, 0) is 11.2 Å². The van der Waals surface area contributed by atoms with Crippen LogP contribution in [0.15, 0.2) is 42.6 Å². The molecule has 4 heteroatoms. The third-order valence-corrected chi connectivity index (χ3v) is 2.40. The zero-order valence-corrected chi connectivity index (χ0v) is 9.00. The zero-order chi connectivity index (χ0) is 12.3. The number of aromatic hydroxyl groups is 1. The first-order valence-corrected chi connectivity index (χ1v) is 5.12. The molecule has 0 bridgehead atoms. The molecule has 0 aliphatic rings. The number of hydrogen-bond acceptors (Lipinski definition) is 3. The second kappa shape index (κ2) is 4.65. The number of aromatic nitrogens is 1. The molecular weight excluding hydrogens is 218 g/mol. The van der Waals surface area contributed by atoms with Crippen molar-refractivity contribution in [3.63, 3.8) is 0 Å². The van der Waals surface area contributed by atoms with Crippen molar-refractivity contribution in [1.82, 2.24) is 4.98 Å². The predicted molar refractivity (Wildman–Crippen MR) is 62.7 cm³/mol. The van der Waals surface area contributed by atoms with E-state index in [-0.39, 0.29) is 12.2 Å². The quantitative estimate of drug-likeness (QED) is 0.845. The molecule has 0 atom stereocenters. The number of carboxylic acid groups (broad SMARTS) is 1. The highest BCUT2D eigenvalue weighted by Crippen LogP contribution is 2.29. The maximum atomic E-state index is 10.6. The number of carboxylic acids is 1. The first-order valence-electron chi connectivity index (χ1n) is 5.12. The molecule has 0 saturated heterocycles. The third-order valence-electron chi connectivity index (χ3n) is 2.40. The van der Waals surface area contributed by atoms with Crippen molar-refractivity contribution < 1.29 is 15.0 Å². The molecular formula is C13H11NO3. The lowest BCUT2D eigenvalue weighted by Crippen LogP contribution is -2.01. The van der Waals surface area contributed by atoms with Gasteiger partial charge in [-0.05, 0) is 6.07 Å². The Hall–Kier alpha value is -2.36. The van der Waals surface area contributed by atoms with Crippen LogP contribution in [0.4, 0.5) is 0 Å². The van der Waals surface area contributed by atoms with E-state index in [0.717, 1.165) is 5.56 Å². The van der Waals surface area contributed by atoms with E-state index in [1.807, 2.05) is 30.3 Å². The maximum absolute atomic E-state index is 10.6. The number of aliphatic carboxylic acids is 1. The molecule has 0 spiro atoms. The SMILES string of the molecule is O=C(O)Cc1ccnc(-c2ccccc2)c1O. The van der Waals surface area contributed by atoms with Gasteiger partial charge in [0.15, 0.2) is 0 Å². The van der Waals surface area contributed by atoms with E-state index in [0.29, 0.717) is 11.3 Å². The number of pyridine rings is 1. The Kier molecular flexibility index (Phi) is 3.05. The van der Waals surface area contributed by atoms with Crippen molar-refractivity contribution in [3.8, 4) is 17.0 Å². The Morgan fingerprint density at radius 3 is 2.53 bits per heavy atom. The van der Waals surface area contributed by atoms with Crippen LogP contribution in [0.5, 0.6) is 5.75 Å². The summed E-state index contributed by atoms with van der Waals surface area (Å²) in [5, 5.41) is 18.7. The monoisotopic (exact) mass is 229 g/mol. The summed E-state index contributed by atoms with van der Waals surface area (Å²) in [6.07, 6.45) is 1.29. The number of hydrogen-bond donors (Lipinski definition) is 2. The average molecular weight is 229 g/mol. The van der Waals surface area contributed by atoms with Gasteiger partial charge in [0.1, 0.15) is 11.4 Å². The molecule has 0 aliphatic heterocycles. The topological polar surface area (TPSA) is 70.4 Å². The second-order valence-corrected chi connectivity index (χ2v) is 3.60. The molecule has 4 nitrogen and oxygen atoms in total. The van der Waals surface area contributed by atoms with Gasteiger partial charge >= 0.3 is 5.97 Å². The van der Waals surface area contributed by atoms with Gasteiger partial charge in [0.2, 0.25) is 0 Å². The summed E-state index contributed by atoms with van der Waals surface area (Å²) < 4.78 is 0. The van der Waals surface area contributed by atoms with E-state index >= 15 is 0 Å². The van der Waals surface area contributed by atoms with Crippen LogP contribution in [0, 0.1) is 0 Å². The van der Waals surface area contributed by atoms with Crippen LogP contribution in [0.3, 0.4) is 0 Å². The van der Waals surface area contributed by atoms with Gasteiger partial charge in [-0.3, -0.25) is 9.78 Å². The van der Waals surface area contributed by atoms with Gasteiger partial charge in [-0.25, -0.2) is 0 Å². The predicted octanol–water partition coefficient (Wildman–Crippen LogP) is 2.08. The first-order chi connectivity index (χ1) is 8.18. The van der Waals surface area contributed by atoms with Gasteiger partial charge in [-0.1, -0.05) is 30.3 Å². The van der Waals surface area contributed by atoms with Crippen LogP contribution in [-0.4, -0.2) is 21.2 Å². The number of benzene rings is 1. The van der Waals surface area contributed by atoms with Gasteiger partial charge < -0.3 is 10.2 Å². The lowest BCUT2D eigenvalue weighted by molar-refractivity contribution is -0.136. The summed E-state index contributed by atoms with van der Waals surface area (Å²) in [6, 6.07) is 10.7. The Balaban J connectivity index is 2.46. The van der Waals surface area contributed by atoms with Gasteiger partial charge in [0.25, 0.3) is 0 Å². The standard InChI is InChI=1S/C13H11NO3/c15-11(16)8-10-6-7-14-12(13(10)17)9-4-2-1-3-5-9/h1-7,17H,8H2,(H,15,16). The smallest absolute Gasteiger partial charge is 0.307 e. The molecule has 0 unspecified atom stereocenters. The second-order valence-electron chi connectivity index (χ2n) is 3.60. The van der Waals surface area contributed by atoms with Crippen molar-refractivity contribution in [2.45, 2.75) is 6.42 Å². The Labute approximate surface area is 98.2 Å². The summed E-state index contributed by atoms with van der Waals surface area (Å²) in [4.78, 5) is 14.7. The fourth-order valence-electron chi connectivity index (χ4n) is 1.61. The van der Waals surface area contributed by atoms with Crippen molar-refractivity contribution in [1.29, 1.82) is 0 Å². The lowest BCUT2D eigenvalue weighted by Gasteiger charge is -2.07. The molecule has 0 radical (unpaired) electrons. The van der Waals surface area contributed by atoms with E-state index < -0.39 is 5.97 Å².